The molecule has 2 nitrogen and oxygen atoms in total. The van der Waals surface area contributed by atoms with Crippen LogP contribution in [0.5, 0.6) is 0 Å². The average molecular weight is 1090 g/mol. The van der Waals surface area contributed by atoms with Crippen LogP contribution in [-0.2, 0) is 10.8 Å². The van der Waals surface area contributed by atoms with Crippen LogP contribution in [0, 0.1) is 0 Å². The second kappa shape index (κ2) is 19.8. The Hall–Kier alpha value is -11.1. The first-order valence-corrected chi connectivity index (χ1v) is 29.9. The molecule has 0 amide bonds. The lowest BCUT2D eigenvalue weighted by atomic mass is 9.67. The number of anilines is 3. The zero-order chi connectivity index (χ0) is 56.8. The lowest BCUT2D eigenvalue weighted by molar-refractivity contribution is 0.762. The van der Waals surface area contributed by atoms with Crippen molar-refractivity contribution in [3.05, 3.63) is 384 Å². The number of para-hydroxylation sites is 1. The molecule has 0 spiro atoms. The van der Waals surface area contributed by atoms with Gasteiger partial charge in [0.1, 0.15) is 0 Å². The van der Waals surface area contributed by atoms with Crippen LogP contribution in [0.2, 0.25) is 0 Å². The Balaban J connectivity index is 0.827. The molecule has 0 fully saturated rings. The standard InChI is InChI=1S/C84H56N2/c1-5-27-60(28-6-1)83(61-29-7-2-8-30-61)75-42-20-17-38-69(75)71-54-52-65(56-77(71)83)85(78-45-23-26-57-25-13-14-37-68(57)78)64-50-47-58(48-51-64)66-35-15-16-36-67(66)59-49-53-73-72-40-19-22-44-79(72)86(81(73)55-59)80-46-24-41-74-70-39-18-21-43-76(70)84(82(74)80,62-31-9-3-10-32-62)63-33-11-4-12-34-63/h1-56H. The highest BCUT2D eigenvalue weighted by Crippen LogP contribution is 2.60. The van der Waals surface area contributed by atoms with Crippen molar-refractivity contribution in [1.29, 1.82) is 0 Å². The van der Waals surface area contributed by atoms with Crippen molar-refractivity contribution in [2.75, 3.05) is 4.90 Å². The van der Waals surface area contributed by atoms with E-state index in [1.165, 1.54) is 116 Å². The van der Waals surface area contributed by atoms with E-state index in [4.69, 9.17) is 0 Å². The van der Waals surface area contributed by atoms with Gasteiger partial charge in [-0.05, 0) is 137 Å². The summed E-state index contributed by atoms with van der Waals surface area (Å²) >= 11 is 0. The van der Waals surface area contributed by atoms with Crippen LogP contribution in [0.15, 0.2) is 340 Å². The van der Waals surface area contributed by atoms with E-state index in [1.807, 2.05) is 0 Å². The molecule has 2 aliphatic rings. The van der Waals surface area contributed by atoms with E-state index < -0.39 is 10.8 Å². The molecular formula is C84H56N2. The number of fused-ring (bicyclic) bond motifs is 10. The first kappa shape index (κ1) is 49.5. The third kappa shape index (κ3) is 7.27. The van der Waals surface area contributed by atoms with Crippen molar-refractivity contribution in [2.24, 2.45) is 0 Å². The van der Waals surface area contributed by atoms with Gasteiger partial charge in [-0.25, -0.2) is 0 Å². The first-order valence-electron chi connectivity index (χ1n) is 29.9. The van der Waals surface area contributed by atoms with Crippen molar-refractivity contribution in [3.63, 3.8) is 0 Å². The first-order chi connectivity index (χ1) is 42.7. The topological polar surface area (TPSA) is 8.17 Å². The van der Waals surface area contributed by atoms with Crippen molar-refractivity contribution in [2.45, 2.75) is 10.8 Å². The Morgan fingerprint density at radius 2 is 0.709 bits per heavy atom. The summed E-state index contributed by atoms with van der Waals surface area (Å²) in [6.45, 7) is 0. The number of aromatic nitrogens is 1. The smallest absolute Gasteiger partial charge is 0.0734 e. The monoisotopic (exact) mass is 1090 g/mol. The molecule has 0 saturated carbocycles. The molecule has 15 aromatic rings. The van der Waals surface area contributed by atoms with E-state index in [2.05, 4.69) is 349 Å². The minimum Gasteiger partial charge on any atom is -0.310 e. The molecule has 0 aliphatic heterocycles. The van der Waals surface area contributed by atoms with Crippen molar-refractivity contribution in [3.8, 4) is 50.2 Å². The highest BCUT2D eigenvalue weighted by molar-refractivity contribution is 6.11. The molecule has 402 valence electrons. The van der Waals surface area contributed by atoms with Crippen LogP contribution in [0.4, 0.5) is 17.1 Å². The van der Waals surface area contributed by atoms with Gasteiger partial charge in [-0.15, -0.1) is 0 Å². The van der Waals surface area contributed by atoms with Crippen molar-refractivity contribution < 1.29 is 0 Å². The summed E-state index contributed by atoms with van der Waals surface area (Å²) in [6, 6.07) is 126. The molecule has 1 heterocycles. The molecular weight excluding hydrogens is 1040 g/mol. The second-order valence-corrected chi connectivity index (χ2v) is 23.0. The Bertz CT molecular complexity index is 5010. The average Bonchev–Trinajstić information content (AvgIpc) is 1.59. The summed E-state index contributed by atoms with van der Waals surface area (Å²) in [5.41, 5.74) is 25.6. The molecule has 2 aliphatic carbocycles. The molecule has 14 aromatic carbocycles. The normalized spacial score (nSPS) is 13.3. The maximum absolute atomic E-state index is 2.56. The summed E-state index contributed by atoms with van der Waals surface area (Å²) in [6.07, 6.45) is 0. The Morgan fingerprint density at radius 1 is 0.256 bits per heavy atom. The molecule has 17 rings (SSSR count). The minimum absolute atomic E-state index is 0.540. The van der Waals surface area contributed by atoms with E-state index >= 15 is 0 Å². The van der Waals surface area contributed by atoms with E-state index in [9.17, 15) is 0 Å². The maximum atomic E-state index is 2.56. The fourth-order valence-electron chi connectivity index (χ4n) is 15.2. The Morgan fingerprint density at radius 3 is 1.37 bits per heavy atom. The maximum Gasteiger partial charge on any atom is 0.0734 e. The zero-order valence-corrected chi connectivity index (χ0v) is 47.2. The Kier molecular flexibility index (Phi) is 11.4. The number of rotatable bonds is 10. The molecule has 0 atom stereocenters. The third-order valence-corrected chi connectivity index (χ3v) is 18.7. The van der Waals surface area contributed by atoms with E-state index in [0.29, 0.717) is 0 Å². The van der Waals surface area contributed by atoms with Gasteiger partial charge in [0.25, 0.3) is 0 Å². The summed E-state index contributed by atoms with van der Waals surface area (Å²) in [7, 11) is 0. The van der Waals surface area contributed by atoms with Gasteiger partial charge in [0, 0.05) is 33.1 Å². The third-order valence-electron chi connectivity index (χ3n) is 18.7. The summed E-state index contributed by atoms with van der Waals surface area (Å²) in [5, 5.41) is 4.83. The molecule has 86 heavy (non-hydrogen) atoms. The number of hydrogen-bond donors (Lipinski definition) is 0. The lowest BCUT2D eigenvalue weighted by Gasteiger charge is -2.35. The van der Waals surface area contributed by atoms with Crippen LogP contribution < -0.4 is 4.90 Å². The largest absolute Gasteiger partial charge is 0.310 e. The van der Waals surface area contributed by atoms with Gasteiger partial charge in [-0.1, -0.05) is 291 Å². The zero-order valence-electron chi connectivity index (χ0n) is 47.2. The summed E-state index contributed by atoms with van der Waals surface area (Å²) in [5.74, 6) is 0. The minimum atomic E-state index is -0.580. The molecule has 0 unspecified atom stereocenters. The van der Waals surface area contributed by atoms with E-state index in [0.717, 1.165) is 28.2 Å². The molecule has 0 bridgehead atoms. The van der Waals surface area contributed by atoms with Gasteiger partial charge >= 0.3 is 0 Å². The molecule has 2 heteroatoms. The molecule has 1 aromatic heterocycles. The highest BCUT2D eigenvalue weighted by Gasteiger charge is 2.49. The van der Waals surface area contributed by atoms with Gasteiger partial charge in [0.05, 0.1) is 33.2 Å². The molecule has 0 N–H and O–H groups in total. The van der Waals surface area contributed by atoms with Gasteiger partial charge in [0.2, 0.25) is 0 Å². The molecule has 0 radical (unpaired) electrons. The van der Waals surface area contributed by atoms with E-state index in [1.54, 1.807) is 0 Å². The van der Waals surface area contributed by atoms with Crippen molar-refractivity contribution in [1.82, 2.24) is 4.57 Å². The quantitative estimate of drug-likeness (QED) is 0.132. The van der Waals surface area contributed by atoms with Crippen LogP contribution >= 0.6 is 0 Å². The Labute approximate surface area is 501 Å². The predicted molar refractivity (Wildman–Crippen MR) is 358 cm³/mol. The second-order valence-electron chi connectivity index (χ2n) is 23.0. The summed E-state index contributed by atoms with van der Waals surface area (Å²) in [4.78, 5) is 2.47. The van der Waals surface area contributed by atoms with Crippen LogP contribution in [0.1, 0.15) is 44.5 Å². The van der Waals surface area contributed by atoms with Gasteiger partial charge < -0.3 is 9.47 Å². The SMILES string of the molecule is c1ccc(C2(c3ccccc3)c3ccccc3-c3ccc(N(c4ccc(-c5ccccc5-c5ccc6c7ccccc7n(-c7cccc8c7C(c7ccccc7)(c7ccccc7)c7ccccc7-8)c6c5)cc4)c4cccc5ccccc45)cc32)cc1. The van der Waals surface area contributed by atoms with E-state index in [-0.39, 0.29) is 0 Å². The van der Waals surface area contributed by atoms with Crippen LogP contribution in [0.25, 0.3) is 82.8 Å². The van der Waals surface area contributed by atoms with Crippen molar-refractivity contribution >= 4 is 49.6 Å². The fourth-order valence-corrected chi connectivity index (χ4v) is 15.2. The number of benzene rings is 14. The number of hydrogen-bond acceptors (Lipinski definition) is 1. The number of nitrogens with zero attached hydrogens (tertiary/aromatic N) is 2. The highest BCUT2D eigenvalue weighted by atomic mass is 15.1. The lowest BCUT2D eigenvalue weighted by Crippen LogP contribution is -2.29. The molecule has 0 saturated heterocycles. The van der Waals surface area contributed by atoms with Gasteiger partial charge in [-0.2, -0.15) is 0 Å². The van der Waals surface area contributed by atoms with Gasteiger partial charge in [-0.3, -0.25) is 0 Å². The fraction of sp³-hybridized carbons (Fsp3) is 0.0238. The predicted octanol–water partition coefficient (Wildman–Crippen LogP) is 21.5. The summed E-state index contributed by atoms with van der Waals surface area (Å²) < 4.78 is 2.56. The van der Waals surface area contributed by atoms with Crippen LogP contribution in [-0.4, -0.2) is 4.57 Å². The van der Waals surface area contributed by atoms with Crippen LogP contribution in [0.3, 0.4) is 0 Å². The van der Waals surface area contributed by atoms with Gasteiger partial charge in [0.15, 0.2) is 0 Å².